The molecule has 0 aliphatic heterocycles. The van der Waals surface area contributed by atoms with Crippen LogP contribution in [-0.4, -0.2) is 6.54 Å². The lowest BCUT2D eigenvalue weighted by Gasteiger charge is -2.27. The number of allylic oxidation sites excluding steroid dienone is 1. The maximum absolute atomic E-state index is 5.90. The quantitative estimate of drug-likeness (QED) is 0.831. The third-order valence-electron chi connectivity index (χ3n) is 4.73. The van der Waals surface area contributed by atoms with Crippen molar-refractivity contribution in [1.29, 1.82) is 0 Å². The van der Waals surface area contributed by atoms with Crippen molar-refractivity contribution in [3.8, 4) is 11.1 Å². The number of rotatable bonds is 1. The molecule has 0 unspecified atom stereocenters. The molecule has 0 atom stereocenters. The summed E-state index contributed by atoms with van der Waals surface area (Å²) in [6.07, 6.45) is 6.96. The minimum absolute atomic E-state index is 0.655. The molecule has 0 saturated carbocycles. The van der Waals surface area contributed by atoms with Gasteiger partial charge in [-0.2, -0.15) is 0 Å². The summed E-state index contributed by atoms with van der Waals surface area (Å²) in [4.78, 5) is 0. The van der Waals surface area contributed by atoms with Gasteiger partial charge in [0, 0.05) is 6.54 Å². The fraction of sp³-hybridized carbons (Fsp3) is 0.263. The van der Waals surface area contributed by atoms with E-state index in [9.17, 15) is 0 Å². The van der Waals surface area contributed by atoms with Crippen molar-refractivity contribution in [3.05, 3.63) is 64.7 Å². The van der Waals surface area contributed by atoms with Crippen LogP contribution < -0.4 is 5.73 Å². The number of nitrogens with two attached hydrogens (primary N) is 1. The van der Waals surface area contributed by atoms with Crippen LogP contribution in [0.1, 0.15) is 28.7 Å². The van der Waals surface area contributed by atoms with Crippen molar-refractivity contribution in [2.45, 2.75) is 25.7 Å². The largest absolute Gasteiger partial charge is 0.326 e. The molecule has 0 radical (unpaired) electrons. The molecule has 1 nitrogen and oxygen atoms in total. The maximum Gasteiger partial charge on any atom is 0.0181 e. The number of hydrogen-bond acceptors (Lipinski definition) is 1. The van der Waals surface area contributed by atoms with E-state index < -0.39 is 0 Å². The SMILES string of the molecule is NCC1=CCCc2c1ccc1c2CCc2ccccc2-1. The van der Waals surface area contributed by atoms with Crippen LogP contribution in [-0.2, 0) is 19.3 Å². The molecule has 0 heterocycles. The van der Waals surface area contributed by atoms with Crippen LogP contribution in [0.3, 0.4) is 0 Å². The highest BCUT2D eigenvalue weighted by atomic mass is 14.5. The predicted molar refractivity (Wildman–Crippen MR) is 84.6 cm³/mol. The van der Waals surface area contributed by atoms with Crippen LogP contribution in [0.15, 0.2) is 42.5 Å². The Morgan fingerprint density at radius 3 is 2.50 bits per heavy atom. The van der Waals surface area contributed by atoms with Crippen molar-refractivity contribution in [2.24, 2.45) is 5.73 Å². The average molecular weight is 261 g/mol. The molecule has 0 amide bonds. The molecule has 2 aliphatic rings. The zero-order valence-corrected chi connectivity index (χ0v) is 11.7. The summed E-state index contributed by atoms with van der Waals surface area (Å²) >= 11 is 0. The molecule has 100 valence electrons. The van der Waals surface area contributed by atoms with Crippen LogP contribution in [0.4, 0.5) is 0 Å². The second kappa shape index (κ2) is 4.60. The molecule has 2 N–H and O–H groups in total. The molecule has 2 aromatic rings. The minimum Gasteiger partial charge on any atom is -0.326 e. The van der Waals surface area contributed by atoms with E-state index in [4.69, 9.17) is 5.73 Å². The van der Waals surface area contributed by atoms with E-state index in [1.54, 1.807) is 11.1 Å². The van der Waals surface area contributed by atoms with Crippen molar-refractivity contribution >= 4 is 5.57 Å². The van der Waals surface area contributed by atoms with Crippen LogP contribution in [0.2, 0.25) is 0 Å². The summed E-state index contributed by atoms with van der Waals surface area (Å²) < 4.78 is 0. The number of hydrogen-bond donors (Lipinski definition) is 1. The highest BCUT2D eigenvalue weighted by molar-refractivity contribution is 5.80. The van der Waals surface area contributed by atoms with Gasteiger partial charge in [0.15, 0.2) is 0 Å². The van der Waals surface area contributed by atoms with Gasteiger partial charge in [0.05, 0.1) is 0 Å². The molecule has 0 fully saturated rings. The van der Waals surface area contributed by atoms with Gasteiger partial charge in [-0.05, 0) is 64.6 Å². The number of benzene rings is 2. The summed E-state index contributed by atoms with van der Waals surface area (Å²) in [6.45, 7) is 0.655. The van der Waals surface area contributed by atoms with Crippen LogP contribution in [0.25, 0.3) is 16.7 Å². The van der Waals surface area contributed by atoms with Gasteiger partial charge in [0.1, 0.15) is 0 Å². The highest BCUT2D eigenvalue weighted by Crippen LogP contribution is 2.39. The molecule has 0 aromatic heterocycles. The summed E-state index contributed by atoms with van der Waals surface area (Å²) in [7, 11) is 0. The third kappa shape index (κ3) is 1.66. The molecule has 4 rings (SSSR count). The van der Waals surface area contributed by atoms with Gasteiger partial charge >= 0.3 is 0 Å². The van der Waals surface area contributed by atoms with Crippen molar-refractivity contribution in [2.75, 3.05) is 6.54 Å². The minimum atomic E-state index is 0.655. The van der Waals surface area contributed by atoms with Crippen LogP contribution in [0, 0.1) is 0 Å². The topological polar surface area (TPSA) is 26.0 Å². The first-order valence-corrected chi connectivity index (χ1v) is 7.51. The zero-order valence-electron chi connectivity index (χ0n) is 11.7. The molecule has 0 bridgehead atoms. The fourth-order valence-corrected chi connectivity index (χ4v) is 3.77. The summed E-state index contributed by atoms with van der Waals surface area (Å²) in [5.74, 6) is 0. The Hall–Kier alpha value is -1.86. The molecule has 2 aromatic carbocycles. The van der Waals surface area contributed by atoms with Crippen molar-refractivity contribution in [3.63, 3.8) is 0 Å². The van der Waals surface area contributed by atoms with Gasteiger partial charge in [0.2, 0.25) is 0 Å². The molecule has 20 heavy (non-hydrogen) atoms. The Kier molecular flexibility index (Phi) is 2.75. The fourth-order valence-electron chi connectivity index (χ4n) is 3.77. The van der Waals surface area contributed by atoms with E-state index in [1.165, 1.54) is 47.1 Å². The van der Waals surface area contributed by atoms with Gasteiger partial charge in [-0.15, -0.1) is 0 Å². The van der Waals surface area contributed by atoms with E-state index in [2.05, 4.69) is 42.5 Å². The Morgan fingerprint density at radius 1 is 0.800 bits per heavy atom. The molecule has 2 aliphatic carbocycles. The first-order valence-electron chi connectivity index (χ1n) is 7.51. The van der Waals surface area contributed by atoms with Gasteiger partial charge in [-0.25, -0.2) is 0 Å². The molecule has 0 saturated heterocycles. The average Bonchev–Trinajstić information content (AvgIpc) is 2.53. The lowest BCUT2D eigenvalue weighted by Crippen LogP contribution is -2.14. The molecule has 1 heteroatoms. The Balaban J connectivity index is 1.94. The maximum atomic E-state index is 5.90. The summed E-state index contributed by atoms with van der Waals surface area (Å²) in [6, 6.07) is 13.4. The molecular formula is C19H19N. The number of aryl methyl sites for hydroxylation is 1. The lowest BCUT2D eigenvalue weighted by molar-refractivity contribution is 0.881. The van der Waals surface area contributed by atoms with E-state index in [-0.39, 0.29) is 0 Å². The van der Waals surface area contributed by atoms with Crippen LogP contribution >= 0.6 is 0 Å². The van der Waals surface area contributed by atoms with Gasteiger partial charge in [-0.1, -0.05) is 42.5 Å². The van der Waals surface area contributed by atoms with Crippen LogP contribution in [0.5, 0.6) is 0 Å². The lowest BCUT2D eigenvalue weighted by atomic mass is 9.78. The Morgan fingerprint density at radius 2 is 1.60 bits per heavy atom. The third-order valence-corrected chi connectivity index (χ3v) is 4.73. The van der Waals surface area contributed by atoms with Crippen molar-refractivity contribution < 1.29 is 0 Å². The summed E-state index contributed by atoms with van der Waals surface area (Å²) in [5.41, 5.74) is 16.1. The van der Waals surface area contributed by atoms with E-state index in [1.807, 2.05) is 0 Å². The number of fused-ring (bicyclic) bond motifs is 5. The van der Waals surface area contributed by atoms with Gasteiger partial charge in [0.25, 0.3) is 0 Å². The van der Waals surface area contributed by atoms with E-state index in [0.29, 0.717) is 6.54 Å². The van der Waals surface area contributed by atoms with Gasteiger partial charge in [-0.3, -0.25) is 0 Å². The standard InChI is InChI=1S/C19H19N/c20-12-14-5-3-7-17-16(14)10-11-18-15-6-2-1-4-13(15)8-9-19(17)18/h1-2,4-6,10-11H,3,7-9,12,20H2. The summed E-state index contributed by atoms with van der Waals surface area (Å²) in [5, 5.41) is 0. The second-order valence-electron chi connectivity index (χ2n) is 5.75. The zero-order chi connectivity index (χ0) is 13.5. The Labute approximate surface area is 120 Å². The predicted octanol–water partition coefficient (Wildman–Crippen LogP) is 3.74. The monoisotopic (exact) mass is 261 g/mol. The van der Waals surface area contributed by atoms with E-state index in [0.717, 1.165) is 6.42 Å². The smallest absolute Gasteiger partial charge is 0.0181 e. The first kappa shape index (κ1) is 11.9. The first-order chi connectivity index (χ1) is 9.88. The Bertz CT molecular complexity index is 710. The highest BCUT2D eigenvalue weighted by Gasteiger charge is 2.22. The van der Waals surface area contributed by atoms with Gasteiger partial charge < -0.3 is 5.73 Å². The van der Waals surface area contributed by atoms with Crippen molar-refractivity contribution in [1.82, 2.24) is 0 Å². The molecule has 0 spiro atoms. The normalized spacial score (nSPS) is 15.9. The second-order valence-corrected chi connectivity index (χ2v) is 5.75. The molecular weight excluding hydrogens is 242 g/mol. The van der Waals surface area contributed by atoms with E-state index >= 15 is 0 Å².